The van der Waals surface area contributed by atoms with Gasteiger partial charge in [0.1, 0.15) is 17.9 Å². The lowest BCUT2D eigenvalue weighted by Gasteiger charge is -2.43. The fourth-order valence-electron chi connectivity index (χ4n) is 6.74. The monoisotopic (exact) mass is 651 g/mol. The van der Waals surface area contributed by atoms with Gasteiger partial charge < -0.3 is 25.2 Å². The number of carbonyl (C=O) groups is 2. The summed E-state index contributed by atoms with van der Waals surface area (Å²) < 4.78 is 5.84. The molecule has 6 rings (SSSR count). The molecule has 4 heterocycles. The topological polar surface area (TPSA) is 139 Å². The first kappa shape index (κ1) is 32.7. The molecule has 48 heavy (non-hydrogen) atoms. The highest BCUT2D eigenvalue weighted by molar-refractivity contribution is 6.02. The Hall–Kier alpha value is -5.19. The van der Waals surface area contributed by atoms with Crippen LogP contribution < -0.4 is 25.3 Å². The SMILES string of the molecule is C=CC(=O)Nc1cc(Nc2cc(N3OCC[C@@H]3c3cccc(C#N)c3)ncn2)c(OC)cc1N1CCC(N2CCN(C(C)=O)CC2)CC1. The van der Waals surface area contributed by atoms with Crippen LogP contribution in [0.5, 0.6) is 5.75 Å². The maximum atomic E-state index is 12.6. The average Bonchev–Trinajstić information content (AvgIpc) is 3.62. The highest BCUT2D eigenvalue weighted by Gasteiger charge is 2.31. The van der Waals surface area contributed by atoms with Gasteiger partial charge in [0.2, 0.25) is 11.8 Å². The zero-order chi connectivity index (χ0) is 33.6. The Morgan fingerprint density at radius 1 is 1.04 bits per heavy atom. The summed E-state index contributed by atoms with van der Waals surface area (Å²) in [5.41, 5.74) is 3.67. The Morgan fingerprint density at radius 2 is 1.83 bits per heavy atom. The standard InChI is InChI=1S/C35H41N9O4/c1-4-35(46)40-28-19-29(32(47-3)20-31(28)43-11-8-27(9-12-43)42-15-13-41(14-16-42)24(2)45)39-33-21-34(38-23-37-33)44-30(10-17-48-44)26-7-5-6-25(18-26)22-36/h4-7,18-21,23,27,30H,1,8-17H2,2-3H3,(H,40,46)(H,37,38,39)/t30-/m1/s1. The number of anilines is 5. The molecule has 3 aromatic rings. The summed E-state index contributed by atoms with van der Waals surface area (Å²) in [6.45, 7) is 10.7. The third-order valence-corrected chi connectivity index (χ3v) is 9.29. The van der Waals surface area contributed by atoms with Gasteiger partial charge in [-0.25, -0.2) is 15.0 Å². The maximum absolute atomic E-state index is 12.6. The van der Waals surface area contributed by atoms with Gasteiger partial charge in [-0.3, -0.25) is 19.3 Å². The van der Waals surface area contributed by atoms with Crippen LogP contribution in [-0.2, 0) is 14.4 Å². The van der Waals surface area contributed by atoms with Crippen molar-refractivity contribution >= 4 is 40.5 Å². The van der Waals surface area contributed by atoms with E-state index in [1.807, 2.05) is 35.2 Å². The number of nitrogens with zero attached hydrogens (tertiary/aromatic N) is 7. The fourth-order valence-corrected chi connectivity index (χ4v) is 6.74. The van der Waals surface area contributed by atoms with E-state index in [2.05, 4.69) is 43.0 Å². The molecule has 1 atom stereocenters. The number of piperazine rings is 1. The predicted molar refractivity (Wildman–Crippen MR) is 183 cm³/mol. The van der Waals surface area contributed by atoms with E-state index >= 15 is 0 Å². The summed E-state index contributed by atoms with van der Waals surface area (Å²) in [4.78, 5) is 45.9. The maximum Gasteiger partial charge on any atom is 0.247 e. The van der Waals surface area contributed by atoms with Crippen LogP contribution in [0.25, 0.3) is 0 Å². The number of aromatic nitrogens is 2. The minimum atomic E-state index is -0.312. The Labute approximate surface area is 280 Å². The molecule has 1 aromatic heterocycles. The molecule has 0 aliphatic carbocycles. The minimum Gasteiger partial charge on any atom is -0.494 e. The molecule has 2 aromatic carbocycles. The summed E-state index contributed by atoms with van der Waals surface area (Å²) in [6.07, 6.45) is 5.41. The summed E-state index contributed by atoms with van der Waals surface area (Å²) in [5, 5.41) is 17.5. The zero-order valence-corrected chi connectivity index (χ0v) is 27.4. The normalized spacial score (nSPS) is 18.7. The molecule has 2 amide bonds. The van der Waals surface area contributed by atoms with Crippen molar-refractivity contribution in [2.24, 2.45) is 0 Å². The van der Waals surface area contributed by atoms with Crippen LogP contribution in [0.2, 0.25) is 0 Å². The van der Waals surface area contributed by atoms with Gasteiger partial charge in [0.05, 0.1) is 48.5 Å². The summed E-state index contributed by atoms with van der Waals surface area (Å²) >= 11 is 0. The van der Waals surface area contributed by atoms with Gasteiger partial charge in [0, 0.05) is 70.8 Å². The minimum absolute atomic E-state index is 0.107. The number of piperidine rings is 1. The average molecular weight is 652 g/mol. The van der Waals surface area contributed by atoms with Gasteiger partial charge >= 0.3 is 0 Å². The molecule has 2 N–H and O–H groups in total. The van der Waals surface area contributed by atoms with Crippen LogP contribution in [0.4, 0.5) is 28.7 Å². The number of nitrogens with one attached hydrogen (secondary N) is 2. The first-order chi connectivity index (χ1) is 23.4. The number of rotatable bonds is 9. The van der Waals surface area contributed by atoms with E-state index in [0.717, 1.165) is 69.8 Å². The number of amides is 2. The van der Waals surface area contributed by atoms with Crippen LogP contribution in [0.3, 0.4) is 0 Å². The molecule has 0 spiro atoms. The molecule has 0 bridgehead atoms. The first-order valence-corrected chi connectivity index (χ1v) is 16.3. The number of carbonyl (C=O) groups excluding carboxylic acids is 2. The van der Waals surface area contributed by atoms with E-state index in [4.69, 9.17) is 9.57 Å². The number of hydroxylamine groups is 1. The number of nitriles is 1. The van der Waals surface area contributed by atoms with Crippen molar-refractivity contribution in [2.45, 2.75) is 38.3 Å². The molecule has 3 aliphatic heterocycles. The second-order valence-corrected chi connectivity index (χ2v) is 12.1. The second kappa shape index (κ2) is 14.7. The van der Waals surface area contributed by atoms with Crippen molar-refractivity contribution in [3.63, 3.8) is 0 Å². The summed E-state index contributed by atoms with van der Waals surface area (Å²) in [6, 6.07) is 15.6. The molecule has 0 unspecified atom stereocenters. The lowest BCUT2D eigenvalue weighted by atomic mass is 10.0. The van der Waals surface area contributed by atoms with Crippen molar-refractivity contribution < 1.29 is 19.2 Å². The summed E-state index contributed by atoms with van der Waals surface area (Å²) in [7, 11) is 1.61. The Balaban J connectivity index is 1.20. The number of ether oxygens (including phenoxy) is 1. The van der Waals surface area contributed by atoms with Crippen LogP contribution in [0.1, 0.15) is 43.4 Å². The molecule has 0 radical (unpaired) electrons. The highest BCUT2D eigenvalue weighted by atomic mass is 16.7. The van der Waals surface area contributed by atoms with E-state index in [9.17, 15) is 14.9 Å². The lowest BCUT2D eigenvalue weighted by Crippen LogP contribution is -2.54. The molecular weight excluding hydrogens is 610 g/mol. The molecule has 13 nitrogen and oxygen atoms in total. The fraction of sp³-hybridized carbons (Fsp3) is 0.400. The quantitative estimate of drug-likeness (QED) is 0.321. The van der Waals surface area contributed by atoms with Gasteiger partial charge in [0.15, 0.2) is 5.82 Å². The number of hydrogen-bond acceptors (Lipinski definition) is 11. The van der Waals surface area contributed by atoms with E-state index in [-0.39, 0.29) is 17.9 Å². The van der Waals surface area contributed by atoms with Gasteiger partial charge in [-0.15, -0.1) is 0 Å². The Kier molecular flexibility index (Phi) is 10.0. The molecule has 0 saturated carbocycles. The Morgan fingerprint density at radius 3 is 2.54 bits per heavy atom. The largest absolute Gasteiger partial charge is 0.494 e. The molecule has 250 valence electrons. The van der Waals surface area contributed by atoms with Crippen LogP contribution >= 0.6 is 0 Å². The highest BCUT2D eigenvalue weighted by Crippen LogP contribution is 2.40. The van der Waals surface area contributed by atoms with Gasteiger partial charge in [-0.1, -0.05) is 18.7 Å². The number of hydrogen-bond donors (Lipinski definition) is 2. The molecule has 3 fully saturated rings. The molecule has 3 saturated heterocycles. The van der Waals surface area contributed by atoms with Crippen LogP contribution in [-0.4, -0.2) is 90.6 Å². The van der Waals surface area contributed by atoms with Crippen molar-refractivity contribution in [1.29, 1.82) is 5.26 Å². The van der Waals surface area contributed by atoms with Gasteiger partial charge in [-0.2, -0.15) is 5.26 Å². The number of methoxy groups -OCH3 is 1. The van der Waals surface area contributed by atoms with E-state index in [1.54, 1.807) is 31.2 Å². The van der Waals surface area contributed by atoms with Gasteiger partial charge in [0.25, 0.3) is 0 Å². The van der Waals surface area contributed by atoms with Crippen molar-refractivity contribution in [2.75, 3.05) is 73.6 Å². The van der Waals surface area contributed by atoms with Gasteiger partial charge in [-0.05, 0) is 42.7 Å². The van der Waals surface area contributed by atoms with Crippen LogP contribution in [0, 0.1) is 11.3 Å². The van der Waals surface area contributed by atoms with E-state index in [0.29, 0.717) is 47.0 Å². The van der Waals surface area contributed by atoms with Crippen molar-refractivity contribution in [3.05, 3.63) is 72.6 Å². The molecule has 3 aliphatic rings. The van der Waals surface area contributed by atoms with Crippen molar-refractivity contribution in [3.8, 4) is 11.8 Å². The van der Waals surface area contributed by atoms with Crippen LogP contribution in [0.15, 0.2) is 61.4 Å². The van der Waals surface area contributed by atoms with E-state index in [1.165, 1.54) is 12.4 Å². The third kappa shape index (κ3) is 7.20. The molecule has 13 heteroatoms. The predicted octanol–water partition coefficient (Wildman–Crippen LogP) is 4.24. The first-order valence-electron chi connectivity index (χ1n) is 16.3. The Bertz CT molecular complexity index is 1690. The molecular formula is C35H41N9O4. The summed E-state index contributed by atoms with van der Waals surface area (Å²) in [5.74, 6) is 1.50. The third-order valence-electron chi connectivity index (χ3n) is 9.29. The number of benzene rings is 2. The zero-order valence-electron chi connectivity index (χ0n) is 27.4. The van der Waals surface area contributed by atoms with Crippen molar-refractivity contribution in [1.82, 2.24) is 19.8 Å². The lowest BCUT2D eigenvalue weighted by molar-refractivity contribution is -0.131. The van der Waals surface area contributed by atoms with E-state index < -0.39 is 0 Å². The second-order valence-electron chi connectivity index (χ2n) is 12.1. The smallest absolute Gasteiger partial charge is 0.247 e.